The molecule has 0 spiro atoms. The van der Waals surface area contributed by atoms with Crippen LogP contribution in [-0.2, 0) is 9.53 Å². The molecule has 0 unspecified atom stereocenters. The van der Waals surface area contributed by atoms with E-state index in [0.29, 0.717) is 12.6 Å². The van der Waals surface area contributed by atoms with Crippen molar-refractivity contribution < 1.29 is 23.1 Å². The lowest BCUT2D eigenvalue weighted by molar-refractivity contribution is -0.140. The van der Waals surface area contributed by atoms with Gasteiger partial charge in [-0.2, -0.15) is 0 Å². The number of anilines is 1. The van der Waals surface area contributed by atoms with Crippen molar-refractivity contribution in [2.24, 2.45) is 0 Å². The molecule has 8 heteroatoms. The molecule has 146 valence electrons. The highest BCUT2D eigenvalue weighted by molar-refractivity contribution is 6.26. The Kier molecular flexibility index (Phi) is 10.6. The first-order valence-corrected chi connectivity index (χ1v) is 9.24. The van der Waals surface area contributed by atoms with Crippen molar-refractivity contribution in [1.82, 2.24) is 4.90 Å². The number of hydrogen-bond donors (Lipinski definition) is 1. The molecule has 5 nitrogen and oxygen atoms in total. The average molecular weight is 391 g/mol. The number of hydrogen-bond acceptors (Lipinski definition) is 3. The van der Waals surface area contributed by atoms with Gasteiger partial charge in [-0.15, -0.1) is 11.6 Å². The van der Waals surface area contributed by atoms with Crippen LogP contribution in [0.2, 0.25) is 0 Å². The number of carbonyl (C=O) groups excluding carboxylic acids is 2. The van der Waals surface area contributed by atoms with Gasteiger partial charge in [0.2, 0.25) is 0 Å². The average Bonchev–Trinajstić information content (AvgIpc) is 2.62. The van der Waals surface area contributed by atoms with Gasteiger partial charge in [-0.05, 0) is 18.6 Å². The molecule has 0 aliphatic carbocycles. The molecular weight excluding hydrogens is 366 g/mol. The zero-order chi connectivity index (χ0) is 19.4. The number of urea groups is 1. The molecule has 0 saturated carbocycles. The lowest BCUT2D eigenvalue weighted by Gasteiger charge is -2.23. The maximum Gasteiger partial charge on any atom is 0.322 e. The molecule has 0 aliphatic heterocycles. The Morgan fingerprint density at radius 1 is 1.15 bits per heavy atom. The molecule has 1 aromatic carbocycles. The third-order valence-corrected chi connectivity index (χ3v) is 3.94. The number of ether oxygens (including phenoxy) is 1. The van der Waals surface area contributed by atoms with E-state index in [-0.39, 0.29) is 24.7 Å². The van der Waals surface area contributed by atoms with Gasteiger partial charge >= 0.3 is 12.0 Å². The Hall–Kier alpha value is -1.89. The van der Waals surface area contributed by atoms with Crippen molar-refractivity contribution in [2.45, 2.75) is 39.0 Å². The monoisotopic (exact) mass is 390 g/mol. The third-order valence-electron chi connectivity index (χ3n) is 3.72. The summed E-state index contributed by atoms with van der Waals surface area (Å²) in [5.41, 5.74) is -0.106. The minimum Gasteiger partial charge on any atom is -0.463 e. The second-order valence-corrected chi connectivity index (χ2v) is 6.08. The van der Waals surface area contributed by atoms with Crippen LogP contribution in [0.1, 0.15) is 39.0 Å². The van der Waals surface area contributed by atoms with Crippen molar-refractivity contribution >= 4 is 29.3 Å². The lowest BCUT2D eigenvalue weighted by Crippen LogP contribution is -2.38. The van der Waals surface area contributed by atoms with Crippen LogP contribution in [0, 0.1) is 11.6 Å². The standard InChI is InChI=1S/C18H25ClF2N2O3/c1-2-3-4-5-6-9-23(10-11-26-17(24)13-19)18(25)22-16-8-7-14(20)12-15(16)21/h7-8,12H,2-6,9-11,13H2,1H3,(H,22,25). The van der Waals surface area contributed by atoms with Crippen LogP contribution >= 0.6 is 11.6 Å². The smallest absolute Gasteiger partial charge is 0.322 e. The van der Waals surface area contributed by atoms with Gasteiger partial charge in [0.1, 0.15) is 24.1 Å². The number of amides is 2. The van der Waals surface area contributed by atoms with Crippen molar-refractivity contribution in [1.29, 1.82) is 0 Å². The molecule has 0 atom stereocenters. The van der Waals surface area contributed by atoms with Crippen LogP contribution < -0.4 is 5.32 Å². The molecule has 0 radical (unpaired) electrons. The Morgan fingerprint density at radius 3 is 2.54 bits per heavy atom. The molecular formula is C18H25ClF2N2O3. The van der Waals surface area contributed by atoms with E-state index in [0.717, 1.165) is 44.2 Å². The summed E-state index contributed by atoms with van der Waals surface area (Å²) in [6.45, 7) is 2.71. The minimum absolute atomic E-state index is 0.000165. The molecule has 2 amide bonds. The topological polar surface area (TPSA) is 58.6 Å². The van der Waals surface area contributed by atoms with Crippen molar-refractivity contribution in [3.05, 3.63) is 29.8 Å². The molecule has 0 aromatic heterocycles. The van der Waals surface area contributed by atoms with Crippen LogP contribution in [-0.4, -0.2) is 42.5 Å². The number of unbranched alkanes of at least 4 members (excludes halogenated alkanes) is 4. The van der Waals surface area contributed by atoms with Gasteiger partial charge in [0.25, 0.3) is 0 Å². The van der Waals surface area contributed by atoms with Gasteiger partial charge in [-0.3, -0.25) is 4.79 Å². The summed E-state index contributed by atoms with van der Waals surface area (Å²) in [5, 5.41) is 2.42. The number of nitrogens with one attached hydrogen (secondary N) is 1. The Balaban J connectivity index is 2.61. The predicted molar refractivity (Wildman–Crippen MR) is 97.4 cm³/mol. The van der Waals surface area contributed by atoms with Crippen molar-refractivity contribution in [2.75, 3.05) is 30.9 Å². The van der Waals surface area contributed by atoms with Gasteiger partial charge in [0.05, 0.1) is 12.2 Å². The van der Waals surface area contributed by atoms with Gasteiger partial charge in [0, 0.05) is 12.6 Å². The van der Waals surface area contributed by atoms with E-state index in [1.165, 1.54) is 4.90 Å². The summed E-state index contributed by atoms with van der Waals surface area (Å²) in [6, 6.07) is 2.39. The minimum atomic E-state index is -0.852. The van der Waals surface area contributed by atoms with Gasteiger partial charge in [-0.25, -0.2) is 13.6 Å². The third kappa shape index (κ3) is 8.47. The highest BCUT2D eigenvalue weighted by Crippen LogP contribution is 2.16. The predicted octanol–water partition coefficient (Wildman–Crippen LogP) is 4.55. The first kappa shape index (κ1) is 22.2. The van der Waals surface area contributed by atoms with Crippen LogP contribution in [0.4, 0.5) is 19.3 Å². The highest BCUT2D eigenvalue weighted by Gasteiger charge is 2.16. The second kappa shape index (κ2) is 12.5. The Morgan fingerprint density at radius 2 is 1.88 bits per heavy atom. The van der Waals surface area contributed by atoms with Crippen LogP contribution in [0.25, 0.3) is 0 Å². The van der Waals surface area contributed by atoms with E-state index >= 15 is 0 Å². The number of halogens is 3. The van der Waals surface area contributed by atoms with E-state index in [9.17, 15) is 18.4 Å². The van der Waals surface area contributed by atoms with Crippen molar-refractivity contribution in [3.8, 4) is 0 Å². The molecule has 0 aliphatic rings. The van der Waals surface area contributed by atoms with Gasteiger partial charge in [0.15, 0.2) is 0 Å². The lowest BCUT2D eigenvalue weighted by atomic mass is 10.1. The molecule has 0 fully saturated rings. The number of alkyl halides is 1. The van der Waals surface area contributed by atoms with E-state index in [1.807, 2.05) is 0 Å². The number of benzene rings is 1. The molecule has 0 bridgehead atoms. The maximum absolute atomic E-state index is 13.7. The van der Waals surface area contributed by atoms with E-state index in [4.69, 9.17) is 16.3 Å². The fourth-order valence-electron chi connectivity index (χ4n) is 2.31. The molecule has 0 heterocycles. The Bertz CT molecular complexity index is 588. The molecule has 1 N–H and O–H groups in total. The first-order chi connectivity index (χ1) is 12.5. The zero-order valence-electron chi connectivity index (χ0n) is 14.9. The van der Waals surface area contributed by atoms with E-state index in [1.54, 1.807) is 0 Å². The normalized spacial score (nSPS) is 10.5. The quantitative estimate of drug-likeness (QED) is 0.342. The molecule has 1 rings (SSSR count). The largest absolute Gasteiger partial charge is 0.463 e. The number of rotatable bonds is 11. The van der Waals surface area contributed by atoms with Crippen LogP contribution in [0.15, 0.2) is 18.2 Å². The second-order valence-electron chi connectivity index (χ2n) is 5.81. The summed E-state index contributed by atoms with van der Waals surface area (Å²) >= 11 is 5.36. The van der Waals surface area contributed by atoms with Crippen LogP contribution in [0.5, 0.6) is 0 Å². The number of nitrogens with zero attached hydrogens (tertiary/aromatic N) is 1. The van der Waals surface area contributed by atoms with E-state index < -0.39 is 23.6 Å². The summed E-state index contributed by atoms with van der Waals surface area (Å²) in [7, 11) is 0. The fourth-order valence-corrected chi connectivity index (χ4v) is 2.39. The Labute approximate surface area is 157 Å². The van der Waals surface area contributed by atoms with E-state index in [2.05, 4.69) is 12.2 Å². The highest BCUT2D eigenvalue weighted by atomic mass is 35.5. The van der Waals surface area contributed by atoms with Gasteiger partial charge < -0.3 is 15.0 Å². The summed E-state index contributed by atoms with van der Waals surface area (Å²) < 4.78 is 31.6. The van der Waals surface area contributed by atoms with Crippen molar-refractivity contribution in [3.63, 3.8) is 0 Å². The molecule has 26 heavy (non-hydrogen) atoms. The number of carbonyl (C=O) groups is 2. The summed E-state index contributed by atoms with van der Waals surface area (Å²) in [5.74, 6) is -2.40. The van der Waals surface area contributed by atoms with Gasteiger partial charge in [-0.1, -0.05) is 32.6 Å². The van der Waals surface area contributed by atoms with Crippen LogP contribution in [0.3, 0.4) is 0 Å². The number of esters is 1. The molecule has 1 aromatic rings. The summed E-state index contributed by atoms with van der Waals surface area (Å²) in [6.07, 6.45) is 5.05. The molecule has 0 saturated heterocycles. The maximum atomic E-state index is 13.7. The SMILES string of the molecule is CCCCCCCN(CCOC(=O)CCl)C(=O)Nc1ccc(F)cc1F. The summed E-state index contributed by atoms with van der Waals surface area (Å²) in [4.78, 5) is 24.9. The zero-order valence-corrected chi connectivity index (χ0v) is 15.7. The first-order valence-electron chi connectivity index (χ1n) is 8.70. The fraction of sp³-hybridized carbons (Fsp3) is 0.556.